The summed E-state index contributed by atoms with van der Waals surface area (Å²) in [4.78, 5) is 5.83. The molecule has 0 aliphatic carbocycles. The van der Waals surface area contributed by atoms with Crippen LogP contribution >= 0.6 is 11.3 Å². The molecule has 1 unspecified atom stereocenters. The molecule has 0 spiro atoms. The van der Waals surface area contributed by atoms with Gasteiger partial charge in [-0.05, 0) is 42.9 Å². The summed E-state index contributed by atoms with van der Waals surface area (Å²) in [6.45, 7) is 6.44. The maximum Gasteiger partial charge on any atom is 0.108 e. The van der Waals surface area contributed by atoms with E-state index in [1.165, 1.54) is 21.6 Å². The van der Waals surface area contributed by atoms with Crippen molar-refractivity contribution in [1.82, 2.24) is 5.32 Å². The Morgan fingerprint density at radius 3 is 2.71 bits per heavy atom. The van der Waals surface area contributed by atoms with Crippen molar-refractivity contribution < 1.29 is 0 Å². The van der Waals surface area contributed by atoms with Crippen LogP contribution in [0.1, 0.15) is 29.0 Å². The van der Waals surface area contributed by atoms with Gasteiger partial charge in [0.2, 0.25) is 0 Å². The Labute approximate surface area is 88.4 Å². The molecular weight excluding hydrogens is 192 g/mol. The number of aryl methyl sites for hydroxylation is 1. The van der Waals surface area contributed by atoms with E-state index in [1.807, 2.05) is 6.20 Å². The summed E-state index contributed by atoms with van der Waals surface area (Å²) in [6.07, 6.45) is 3.79. The predicted molar refractivity (Wildman–Crippen MR) is 61.9 cm³/mol. The van der Waals surface area contributed by atoms with Crippen LogP contribution in [0.15, 0.2) is 22.1 Å². The minimum Gasteiger partial charge on any atom is -0.353 e. The van der Waals surface area contributed by atoms with E-state index in [0.29, 0.717) is 0 Å². The zero-order valence-electron chi connectivity index (χ0n) is 8.66. The molecule has 0 saturated carbocycles. The van der Waals surface area contributed by atoms with Crippen LogP contribution in [-0.4, -0.2) is 6.34 Å². The lowest BCUT2D eigenvalue weighted by Crippen LogP contribution is -2.12. The van der Waals surface area contributed by atoms with Crippen LogP contribution in [0.3, 0.4) is 0 Å². The highest BCUT2D eigenvalue weighted by molar-refractivity contribution is 7.10. The van der Waals surface area contributed by atoms with Gasteiger partial charge < -0.3 is 5.32 Å². The third-order valence-electron chi connectivity index (χ3n) is 2.61. The third-order valence-corrected chi connectivity index (χ3v) is 3.87. The average Bonchev–Trinajstić information content (AvgIpc) is 2.49. The van der Waals surface area contributed by atoms with E-state index in [2.05, 4.69) is 36.5 Å². The van der Waals surface area contributed by atoms with Crippen molar-refractivity contribution in [2.24, 2.45) is 4.99 Å². The van der Waals surface area contributed by atoms with Gasteiger partial charge in [-0.2, -0.15) is 0 Å². The first-order chi connectivity index (χ1) is 6.70. The van der Waals surface area contributed by atoms with Gasteiger partial charge in [-0.15, -0.1) is 11.3 Å². The van der Waals surface area contributed by atoms with Crippen molar-refractivity contribution in [2.75, 3.05) is 0 Å². The second-order valence-corrected chi connectivity index (χ2v) is 4.55. The summed E-state index contributed by atoms with van der Waals surface area (Å²) in [7, 11) is 0. The largest absolute Gasteiger partial charge is 0.353 e. The summed E-state index contributed by atoms with van der Waals surface area (Å²) < 4.78 is 0. The van der Waals surface area contributed by atoms with Crippen LogP contribution in [-0.2, 0) is 0 Å². The summed E-state index contributed by atoms with van der Waals surface area (Å²) in [5.74, 6) is 0. The van der Waals surface area contributed by atoms with Crippen LogP contribution in [0.4, 0.5) is 0 Å². The van der Waals surface area contributed by atoms with E-state index in [-0.39, 0.29) is 6.04 Å². The number of aliphatic imine (C=N–C) groups is 1. The monoisotopic (exact) mass is 206 g/mol. The average molecular weight is 206 g/mol. The van der Waals surface area contributed by atoms with Gasteiger partial charge in [0.1, 0.15) is 6.04 Å². The highest BCUT2D eigenvalue weighted by Gasteiger charge is 2.18. The Morgan fingerprint density at radius 2 is 2.14 bits per heavy atom. The smallest absolute Gasteiger partial charge is 0.108 e. The van der Waals surface area contributed by atoms with E-state index >= 15 is 0 Å². The Hall–Kier alpha value is -1.09. The molecule has 1 atom stereocenters. The molecule has 0 aromatic carbocycles. The molecule has 1 aliphatic heterocycles. The Morgan fingerprint density at radius 1 is 1.36 bits per heavy atom. The molecule has 1 N–H and O–H groups in total. The molecule has 0 fully saturated rings. The number of thiophene rings is 1. The summed E-state index contributed by atoms with van der Waals surface area (Å²) in [6, 6.07) is 0.231. The summed E-state index contributed by atoms with van der Waals surface area (Å²) >= 11 is 1.80. The standard InChI is InChI=1S/C11H14N2S/c1-7-4-12-6-13-10(7)11-9(3)8(2)5-14-11/h4-6,10H,1-3H3,(H,12,13). The van der Waals surface area contributed by atoms with Crippen LogP contribution in [0.25, 0.3) is 0 Å². The zero-order chi connectivity index (χ0) is 10.1. The van der Waals surface area contributed by atoms with Crippen molar-refractivity contribution in [2.45, 2.75) is 26.8 Å². The lowest BCUT2D eigenvalue weighted by molar-refractivity contribution is 0.829. The number of nitrogens with zero attached hydrogens (tertiary/aromatic N) is 1. The van der Waals surface area contributed by atoms with Gasteiger partial charge in [-0.1, -0.05) is 0 Å². The van der Waals surface area contributed by atoms with Gasteiger partial charge in [0.25, 0.3) is 0 Å². The number of hydrogen-bond acceptors (Lipinski definition) is 3. The molecule has 1 aromatic heterocycles. The first-order valence-corrected chi connectivity index (χ1v) is 5.57. The minimum atomic E-state index is 0.231. The van der Waals surface area contributed by atoms with Gasteiger partial charge in [0.05, 0.1) is 6.34 Å². The van der Waals surface area contributed by atoms with E-state index in [4.69, 9.17) is 0 Å². The number of nitrogens with one attached hydrogen (secondary N) is 1. The fourth-order valence-electron chi connectivity index (χ4n) is 1.55. The van der Waals surface area contributed by atoms with Crippen molar-refractivity contribution in [1.29, 1.82) is 0 Å². The number of hydrogen-bond donors (Lipinski definition) is 1. The molecule has 0 radical (unpaired) electrons. The molecule has 0 amide bonds. The van der Waals surface area contributed by atoms with Crippen molar-refractivity contribution in [3.05, 3.63) is 33.2 Å². The maximum atomic E-state index is 4.46. The highest BCUT2D eigenvalue weighted by atomic mass is 32.1. The molecular formula is C11H14N2S. The fraction of sp³-hybridized carbons (Fsp3) is 0.364. The second-order valence-electron chi connectivity index (χ2n) is 3.64. The summed E-state index contributed by atoms with van der Waals surface area (Å²) in [5.41, 5.74) is 4.02. The zero-order valence-corrected chi connectivity index (χ0v) is 9.48. The van der Waals surface area contributed by atoms with Gasteiger partial charge in [-0.3, -0.25) is 4.99 Å². The topological polar surface area (TPSA) is 24.4 Å². The maximum absolute atomic E-state index is 4.46. The van der Waals surface area contributed by atoms with Gasteiger partial charge >= 0.3 is 0 Å². The van der Waals surface area contributed by atoms with E-state index < -0.39 is 0 Å². The quantitative estimate of drug-likeness (QED) is 0.750. The molecule has 2 heterocycles. The van der Waals surface area contributed by atoms with Crippen LogP contribution in [0.5, 0.6) is 0 Å². The first-order valence-electron chi connectivity index (χ1n) is 4.69. The second kappa shape index (κ2) is 3.58. The van der Waals surface area contributed by atoms with Gasteiger partial charge in [0, 0.05) is 11.1 Å². The van der Waals surface area contributed by atoms with E-state index in [9.17, 15) is 0 Å². The SMILES string of the molecule is CC1=CNC=NC1c1scc(C)c1C. The fourth-order valence-corrected chi connectivity index (χ4v) is 2.74. The van der Waals surface area contributed by atoms with E-state index in [0.717, 1.165) is 0 Å². The molecule has 14 heavy (non-hydrogen) atoms. The first kappa shape index (κ1) is 9.46. The molecule has 0 bridgehead atoms. The molecule has 1 aliphatic rings. The molecule has 0 saturated heterocycles. The molecule has 2 rings (SSSR count). The van der Waals surface area contributed by atoms with Crippen LogP contribution < -0.4 is 5.32 Å². The van der Waals surface area contributed by atoms with Gasteiger partial charge in [-0.25, -0.2) is 0 Å². The number of rotatable bonds is 1. The van der Waals surface area contributed by atoms with Crippen molar-refractivity contribution in [3.63, 3.8) is 0 Å². The van der Waals surface area contributed by atoms with Crippen molar-refractivity contribution >= 4 is 17.7 Å². The lowest BCUT2D eigenvalue weighted by atomic mass is 10.0. The Bertz CT molecular complexity index is 401. The molecule has 74 valence electrons. The summed E-state index contributed by atoms with van der Waals surface area (Å²) in [5, 5.41) is 5.22. The molecule has 2 nitrogen and oxygen atoms in total. The third kappa shape index (κ3) is 1.48. The lowest BCUT2D eigenvalue weighted by Gasteiger charge is -2.16. The molecule has 1 aromatic rings. The normalized spacial score (nSPS) is 20.5. The Balaban J connectivity index is 2.39. The van der Waals surface area contributed by atoms with Gasteiger partial charge in [0.15, 0.2) is 0 Å². The van der Waals surface area contributed by atoms with Crippen LogP contribution in [0.2, 0.25) is 0 Å². The van der Waals surface area contributed by atoms with Crippen molar-refractivity contribution in [3.8, 4) is 0 Å². The predicted octanol–water partition coefficient (Wildman–Crippen LogP) is 2.94. The van der Waals surface area contributed by atoms with E-state index in [1.54, 1.807) is 17.7 Å². The van der Waals surface area contributed by atoms with Crippen LogP contribution in [0, 0.1) is 13.8 Å². The highest BCUT2D eigenvalue weighted by Crippen LogP contribution is 2.34. The minimum absolute atomic E-state index is 0.231. The Kier molecular flexibility index (Phi) is 2.42. The molecule has 3 heteroatoms.